The number of benzene rings is 2. The first-order valence-electron chi connectivity index (χ1n) is 7.45. The van der Waals surface area contributed by atoms with Crippen LogP contribution in [0.3, 0.4) is 0 Å². The first-order valence-corrected chi connectivity index (χ1v) is 9.37. The highest BCUT2D eigenvalue weighted by Crippen LogP contribution is 2.36. The zero-order valence-electron chi connectivity index (χ0n) is 14.1. The lowest BCUT2D eigenvalue weighted by Crippen LogP contribution is -2.22. The summed E-state index contributed by atoms with van der Waals surface area (Å²) in [5.41, 5.74) is -2.25. The molecule has 0 bridgehead atoms. The summed E-state index contributed by atoms with van der Waals surface area (Å²) in [7, 11) is -4.22. The van der Waals surface area contributed by atoms with Gasteiger partial charge in [0.15, 0.2) is 6.61 Å². The molecule has 156 valence electrons. The average molecular weight is 455 g/mol. The Bertz CT molecular complexity index is 1070. The summed E-state index contributed by atoms with van der Waals surface area (Å²) >= 11 is 5.46. The molecule has 0 unspecified atom stereocenters. The Hall–Kier alpha value is -2.70. The molecule has 2 aromatic rings. The number of halogens is 5. The lowest BCUT2D eigenvalue weighted by Gasteiger charge is -2.12. The highest BCUT2D eigenvalue weighted by atomic mass is 35.5. The number of rotatable bonds is 5. The minimum atomic E-state index is -4.75. The van der Waals surface area contributed by atoms with Crippen LogP contribution in [0.5, 0.6) is 0 Å². The zero-order valence-corrected chi connectivity index (χ0v) is 15.7. The summed E-state index contributed by atoms with van der Waals surface area (Å²) in [5.74, 6) is -3.54. The molecule has 2 aromatic carbocycles. The number of amides is 1. The van der Waals surface area contributed by atoms with E-state index in [1.165, 1.54) is 0 Å². The van der Waals surface area contributed by atoms with Crippen LogP contribution in [0.25, 0.3) is 0 Å². The number of esters is 1. The van der Waals surface area contributed by atoms with Gasteiger partial charge >= 0.3 is 12.1 Å². The summed E-state index contributed by atoms with van der Waals surface area (Å²) in [6.45, 7) is -0.984. The molecule has 1 amide bonds. The van der Waals surface area contributed by atoms with E-state index in [2.05, 4.69) is 10.1 Å². The molecule has 0 aliphatic rings. The standard InChI is InChI=1S/C16H11ClF4N2O5S/c17-12-3-1-8(5-11(12)16(19,20)21)23-14(24)7-28-15(25)10-6-9(29(22,26)27)2-4-13(10)18/h1-6H,7H2,(H,23,24)(H2,22,26,27). The Labute approximate surface area is 166 Å². The Kier molecular flexibility index (Phi) is 6.50. The van der Waals surface area contributed by atoms with Crippen LogP contribution < -0.4 is 10.5 Å². The van der Waals surface area contributed by atoms with Gasteiger partial charge < -0.3 is 10.1 Å². The van der Waals surface area contributed by atoms with Crippen LogP contribution in [0.2, 0.25) is 5.02 Å². The van der Waals surface area contributed by atoms with Gasteiger partial charge in [-0.25, -0.2) is 22.7 Å². The minimum Gasteiger partial charge on any atom is -0.452 e. The van der Waals surface area contributed by atoms with Crippen molar-refractivity contribution in [1.29, 1.82) is 0 Å². The molecule has 29 heavy (non-hydrogen) atoms. The van der Waals surface area contributed by atoms with Crippen molar-refractivity contribution in [2.75, 3.05) is 11.9 Å². The van der Waals surface area contributed by atoms with Crippen molar-refractivity contribution in [1.82, 2.24) is 0 Å². The van der Waals surface area contributed by atoms with Crippen molar-refractivity contribution in [3.63, 3.8) is 0 Å². The molecule has 0 saturated heterocycles. The number of ether oxygens (including phenoxy) is 1. The molecule has 0 atom stereocenters. The Morgan fingerprint density at radius 1 is 1.14 bits per heavy atom. The van der Waals surface area contributed by atoms with Crippen molar-refractivity contribution in [3.8, 4) is 0 Å². The van der Waals surface area contributed by atoms with E-state index in [4.69, 9.17) is 16.7 Å². The molecule has 13 heteroatoms. The molecule has 0 fully saturated rings. The van der Waals surface area contributed by atoms with E-state index in [1.807, 2.05) is 0 Å². The summed E-state index contributed by atoms with van der Waals surface area (Å²) in [5, 5.41) is 6.36. The summed E-state index contributed by atoms with van der Waals surface area (Å²) in [4.78, 5) is 23.1. The third-order valence-electron chi connectivity index (χ3n) is 3.38. The molecule has 0 spiro atoms. The summed E-state index contributed by atoms with van der Waals surface area (Å²) in [6.07, 6.45) is -4.75. The molecule has 0 heterocycles. The van der Waals surface area contributed by atoms with Crippen molar-refractivity contribution in [2.45, 2.75) is 11.1 Å². The normalized spacial score (nSPS) is 11.8. The topological polar surface area (TPSA) is 116 Å². The minimum absolute atomic E-state index is 0.273. The van der Waals surface area contributed by atoms with Crippen LogP contribution in [-0.4, -0.2) is 26.9 Å². The first kappa shape index (κ1) is 22.6. The maximum absolute atomic E-state index is 13.7. The molecule has 7 nitrogen and oxygen atoms in total. The number of alkyl halides is 3. The fourth-order valence-corrected chi connectivity index (χ4v) is 2.83. The quantitative estimate of drug-likeness (QED) is 0.532. The molecular formula is C16H11ClF4N2O5S. The van der Waals surface area contributed by atoms with Crippen molar-refractivity contribution >= 4 is 39.2 Å². The Morgan fingerprint density at radius 3 is 2.38 bits per heavy atom. The van der Waals surface area contributed by atoms with Gasteiger partial charge in [0, 0.05) is 5.69 Å². The van der Waals surface area contributed by atoms with Gasteiger partial charge in [-0.05, 0) is 36.4 Å². The predicted molar refractivity (Wildman–Crippen MR) is 93.1 cm³/mol. The Balaban J connectivity index is 2.08. The number of hydrogen-bond acceptors (Lipinski definition) is 5. The van der Waals surface area contributed by atoms with E-state index in [0.717, 1.165) is 18.2 Å². The fourth-order valence-electron chi connectivity index (χ4n) is 2.06. The highest BCUT2D eigenvalue weighted by molar-refractivity contribution is 7.89. The second-order valence-electron chi connectivity index (χ2n) is 5.50. The number of nitrogens with one attached hydrogen (secondary N) is 1. The number of nitrogens with two attached hydrogens (primary N) is 1. The lowest BCUT2D eigenvalue weighted by molar-refractivity contribution is -0.137. The van der Waals surface area contributed by atoms with Crippen molar-refractivity contribution in [3.05, 3.63) is 58.4 Å². The van der Waals surface area contributed by atoms with Gasteiger partial charge in [-0.3, -0.25) is 4.79 Å². The van der Waals surface area contributed by atoms with Gasteiger partial charge in [0.2, 0.25) is 10.0 Å². The Morgan fingerprint density at radius 2 is 1.79 bits per heavy atom. The summed E-state index contributed by atoms with van der Waals surface area (Å²) in [6, 6.07) is 4.71. The SMILES string of the molecule is NS(=O)(=O)c1ccc(F)c(C(=O)OCC(=O)Nc2ccc(Cl)c(C(F)(F)F)c2)c1. The fraction of sp³-hybridized carbons (Fsp3) is 0.125. The number of carbonyl (C=O) groups excluding carboxylic acids is 2. The number of anilines is 1. The van der Waals surface area contributed by atoms with Gasteiger partial charge in [-0.15, -0.1) is 0 Å². The van der Waals surface area contributed by atoms with E-state index < -0.39 is 61.5 Å². The van der Waals surface area contributed by atoms with Gasteiger partial charge in [0.05, 0.1) is 21.0 Å². The average Bonchev–Trinajstić information content (AvgIpc) is 2.59. The maximum Gasteiger partial charge on any atom is 0.417 e. The van der Waals surface area contributed by atoms with Crippen molar-refractivity contribution in [2.24, 2.45) is 5.14 Å². The second kappa shape index (κ2) is 8.35. The van der Waals surface area contributed by atoms with Crippen LogP contribution in [-0.2, 0) is 25.7 Å². The van der Waals surface area contributed by atoms with E-state index in [0.29, 0.717) is 18.2 Å². The van der Waals surface area contributed by atoms with Crippen LogP contribution in [0, 0.1) is 5.82 Å². The summed E-state index contributed by atoms with van der Waals surface area (Å²) < 4.78 is 79.2. The predicted octanol–water partition coefficient (Wildman–Crippen LogP) is 2.94. The number of hydrogen-bond donors (Lipinski definition) is 2. The molecule has 0 saturated carbocycles. The smallest absolute Gasteiger partial charge is 0.417 e. The number of sulfonamides is 1. The van der Waals surface area contributed by atoms with Gasteiger partial charge in [-0.2, -0.15) is 13.2 Å². The van der Waals surface area contributed by atoms with Crippen LogP contribution in [0.4, 0.5) is 23.2 Å². The lowest BCUT2D eigenvalue weighted by atomic mass is 10.2. The number of primary sulfonamides is 1. The van der Waals surface area contributed by atoms with Gasteiger partial charge in [0.1, 0.15) is 5.82 Å². The van der Waals surface area contributed by atoms with Crippen molar-refractivity contribution < 1.29 is 40.3 Å². The second-order valence-corrected chi connectivity index (χ2v) is 7.47. The molecule has 2 rings (SSSR count). The van der Waals surface area contributed by atoms with E-state index in [-0.39, 0.29) is 5.69 Å². The molecule has 0 aromatic heterocycles. The number of carbonyl (C=O) groups is 2. The largest absolute Gasteiger partial charge is 0.452 e. The first-order chi connectivity index (χ1) is 13.3. The van der Waals surface area contributed by atoms with Crippen LogP contribution in [0.1, 0.15) is 15.9 Å². The molecule has 3 N–H and O–H groups in total. The van der Waals surface area contributed by atoms with Crippen LogP contribution in [0.15, 0.2) is 41.3 Å². The van der Waals surface area contributed by atoms with E-state index >= 15 is 0 Å². The highest BCUT2D eigenvalue weighted by Gasteiger charge is 2.33. The van der Waals surface area contributed by atoms with Gasteiger partial charge in [-0.1, -0.05) is 11.6 Å². The third-order valence-corrected chi connectivity index (χ3v) is 4.62. The zero-order chi connectivity index (χ0) is 22.0. The molecule has 0 aliphatic heterocycles. The van der Waals surface area contributed by atoms with Crippen LogP contribution >= 0.6 is 11.6 Å². The third kappa shape index (κ3) is 5.89. The van der Waals surface area contributed by atoms with Gasteiger partial charge in [0.25, 0.3) is 5.91 Å². The van der Waals surface area contributed by atoms with E-state index in [1.54, 1.807) is 0 Å². The molecular weight excluding hydrogens is 444 g/mol. The molecule has 0 radical (unpaired) electrons. The maximum atomic E-state index is 13.7. The molecule has 0 aliphatic carbocycles. The monoisotopic (exact) mass is 454 g/mol. The van der Waals surface area contributed by atoms with E-state index in [9.17, 15) is 35.6 Å².